The minimum atomic E-state index is -3.41. The first kappa shape index (κ1) is 21.5. The molecule has 3 aromatic rings. The van der Waals surface area contributed by atoms with Crippen LogP contribution in [0.2, 0.25) is 0 Å². The smallest absolute Gasteiger partial charge is 0.356 e. The molecular weight excluding hydrogens is 425 g/mol. The fourth-order valence-electron chi connectivity index (χ4n) is 3.45. The second-order valence-corrected chi connectivity index (χ2v) is 9.10. The zero-order valence-electron chi connectivity index (χ0n) is 17.2. The van der Waals surface area contributed by atoms with Gasteiger partial charge in [0.25, 0.3) is 5.56 Å². The van der Waals surface area contributed by atoms with E-state index in [1.165, 1.54) is 6.33 Å². The summed E-state index contributed by atoms with van der Waals surface area (Å²) in [6.07, 6.45) is 1.55. The van der Waals surface area contributed by atoms with Crippen LogP contribution in [0.5, 0.6) is 5.75 Å². The second kappa shape index (κ2) is 8.80. The van der Waals surface area contributed by atoms with Crippen LogP contribution in [0.3, 0.4) is 0 Å². The Morgan fingerprint density at radius 2 is 2.26 bits per heavy atom. The average Bonchev–Trinajstić information content (AvgIpc) is 3.14. The summed E-state index contributed by atoms with van der Waals surface area (Å²) in [5.41, 5.74) is 7.63. The quantitative estimate of drug-likeness (QED) is 0.410. The largest absolute Gasteiger partial charge is 0.496 e. The molecule has 1 aliphatic rings. The van der Waals surface area contributed by atoms with Crippen LogP contribution in [0, 0.1) is 6.92 Å². The van der Waals surface area contributed by atoms with Crippen molar-refractivity contribution in [3.8, 4) is 5.75 Å². The number of benzene rings is 1. The number of nitrogens with zero attached hydrogens (tertiary/aromatic N) is 3. The maximum Gasteiger partial charge on any atom is 0.356 e. The zero-order valence-corrected chi connectivity index (χ0v) is 18.1. The number of methoxy groups -OCH3 is 1. The molecule has 2 unspecified atom stereocenters. The Kier molecular flexibility index (Phi) is 6.10. The van der Waals surface area contributed by atoms with E-state index in [9.17, 15) is 9.36 Å². The Balaban J connectivity index is 1.36. The lowest BCUT2D eigenvalue weighted by Crippen LogP contribution is -2.17. The Morgan fingerprint density at radius 1 is 1.42 bits per heavy atom. The normalized spacial score (nSPS) is 21.4. The maximum absolute atomic E-state index is 13.0. The van der Waals surface area contributed by atoms with E-state index in [0.29, 0.717) is 25.2 Å². The first-order chi connectivity index (χ1) is 14.9. The molecule has 3 N–H and O–H groups in total. The van der Waals surface area contributed by atoms with E-state index >= 15 is 0 Å². The molecule has 2 aromatic heterocycles. The first-order valence-corrected chi connectivity index (χ1v) is 11.5. The maximum atomic E-state index is 13.0. The first-order valence-electron chi connectivity index (χ1n) is 9.73. The number of aryl methyl sites for hydroxylation is 1. The van der Waals surface area contributed by atoms with Gasteiger partial charge in [-0.25, -0.2) is 4.98 Å². The summed E-state index contributed by atoms with van der Waals surface area (Å²) < 4.78 is 36.7. The zero-order chi connectivity index (χ0) is 22.0. The van der Waals surface area contributed by atoms with Crippen molar-refractivity contribution in [2.75, 3.05) is 32.4 Å². The lowest BCUT2D eigenvalue weighted by Gasteiger charge is -2.30. The Hall–Kier alpha value is -2.72. The molecule has 1 aromatic carbocycles. The van der Waals surface area contributed by atoms with Crippen molar-refractivity contribution in [2.24, 2.45) is 0 Å². The highest BCUT2D eigenvalue weighted by atomic mass is 31.2. The molecule has 1 saturated heterocycles. The van der Waals surface area contributed by atoms with E-state index in [1.54, 1.807) is 11.7 Å². The Bertz CT molecular complexity index is 1190. The number of hydrogen-bond acceptors (Lipinski definition) is 9. The molecule has 3 heterocycles. The summed E-state index contributed by atoms with van der Waals surface area (Å²) in [5.74, 6) is 0.793. The number of aromatic nitrogens is 4. The molecule has 11 nitrogen and oxygen atoms in total. The second-order valence-electron chi connectivity index (χ2n) is 7.15. The van der Waals surface area contributed by atoms with Crippen molar-refractivity contribution in [1.82, 2.24) is 19.5 Å². The van der Waals surface area contributed by atoms with Gasteiger partial charge in [-0.15, -0.1) is 0 Å². The van der Waals surface area contributed by atoms with Crippen molar-refractivity contribution in [3.05, 3.63) is 46.0 Å². The fourth-order valence-corrected chi connectivity index (χ4v) is 4.99. The van der Waals surface area contributed by atoms with E-state index in [0.717, 1.165) is 16.9 Å². The minimum Gasteiger partial charge on any atom is -0.496 e. The summed E-state index contributed by atoms with van der Waals surface area (Å²) in [7, 11) is -1.79. The van der Waals surface area contributed by atoms with Crippen LogP contribution in [-0.2, 0) is 24.9 Å². The molecule has 0 aliphatic carbocycles. The number of nitrogens with two attached hydrogens (primary N) is 1. The predicted molar refractivity (Wildman–Crippen MR) is 113 cm³/mol. The SMILES string of the molecule is COc1ccc(C2CCOP(=O)(COCCn3cnc4c(=O)[nH]c(N)nc43)O2)cc1C. The third-order valence-electron chi connectivity index (χ3n) is 4.97. The van der Waals surface area contributed by atoms with Crippen LogP contribution in [0.4, 0.5) is 5.95 Å². The number of aromatic amines is 1. The molecule has 31 heavy (non-hydrogen) atoms. The summed E-state index contributed by atoms with van der Waals surface area (Å²) >= 11 is 0. The molecule has 0 bridgehead atoms. The molecule has 0 saturated carbocycles. The average molecular weight is 449 g/mol. The molecule has 12 heteroatoms. The number of imidazole rings is 1. The minimum absolute atomic E-state index is 0.00780. The van der Waals surface area contributed by atoms with E-state index in [4.69, 9.17) is 24.3 Å². The summed E-state index contributed by atoms with van der Waals surface area (Å²) in [6.45, 7) is 2.80. The van der Waals surface area contributed by atoms with Gasteiger partial charge < -0.3 is 24.3 Å². The van der Waals surface area contributed by atoms with Gasteiger partial charge in [-0.3, -0.25) is 18.9 Å². The van der Waals surface area contributed by atoms with Crippen LogP contribution in [0.15, 0.2) is 29.3 Å². The number of hydrogen-bond donors (Lipinski definition) is 2. The molecule has 166 valence electrons. The van der Waals surface area contributed by atoms with Crippen molar-refractivity contribution in [3.63, 3.8) is 0 Å². The monoisotopic (exact) mass is 449 g/mol. The van der Waals surface area contributed by atoms with Gasteiger partial charge in [-0.2, -0.15) is 4.98 Å². The van der Waals surface area contributed by atoms with Gasteiger partial charge in [0.05, 0.1) is 32.8 Å². The van der Waals surface area contributed by atoms with Gasteiger partial charge in [-0.1, -0.05) is 6.07 Å². The number of anilines is 1. The predicted octanol–water partition coefficient (Wildman–Crippen LogP) is 2.36. The van der Waals surface area contributed by atoms with Crippen LogP contribution >= 0.6 is 7.60 Å². The fraction of sp³-hybridized carbons (Fsp3) is 0.421. The van der Waals surface area contributed by atoms with Gasteiger partial charge in [0, 0.05) is 13.0 Å². The number of H-pyrrole nitrogens is 1. The highest BCUT2D eigenvalue weighted by molar-refractivity contribution is 7.53. The number of nitrogen functional groups attached to an aromatic ring is 1. The van der Waals surface area contributed by atoms with Gasteiger partial charge in [-0.05, 0) is 30.2 Å². The van der Waals surface area contributed by atoms with Gasteiger partial charge >= 0.3 is 7.60 Å². The summed E-state index contributed by atoms with van der Waals surface area (Å²) in [4.78, 5) is 22.4. The standard InChI is InChI=1S/C19H24N5O6P/c1-12-9-13(3-4-14(12)27-2)15-5-7-29-31(26,30-15)11-28-8-6-24-10-21-16-17(24)22-19(20)23-18(16)25/h3-4,9-10,15H,5-8,11H2,1-2H3,(H3,20,22,23,25). The lowest BCUT2D eigenvalue weighted by atomic mass is 10.0. The lowest BCUT2D eigenvalue weighted by molar-refractivity contribution is 0.0563. The van der Waals surface area contributed by atoms with Crippen molar-refractivity contribution < 1.29 is 23.1 Å². The van der Waals surface area contributed by atoms with Crippen LogP contribution in [-0.4, -0.2) is 46.2 Å². The summed E-state index contributed by atoms with van der Waals surface area (Å²) in [5, 5.41) is 0. The number of rotatable bonds is 7. The number of nitrogens with one attached hydrogen (secondary N) is 1. The molecule has 2 atom stereocenters. The summed E-state index contributed by atoms with van der Waals surface area (Å²) in [6, 6.07) is 5.73. The van der Waals surface area contributed by atoms with E-state index in [-0.39, 0.29) is 30.5 Å². The van der Waals surface area contributed by atoms with Crippen LogP contribution in [0.25, 0.3) is 11.2 Å². The van der Waals surface area contributed by atoms with E-state index in [1.807, 2.05) is 25.1 Å². The molecule has 0 radical (unpaired) electrons. The van der Waals surface area contributed by atoms with Crippen LogP contribution in [0.1, 0.15) is 23.7 Å². The highest BCUT2D eigenvalue weighted by Crippen LogP contribution is 2.56. The third kappa shape index (κ3) is 4.64. The molecule has 1 fully saturated rings. The molecule has 0 spiro atoms. The van der Waals surface area contributed by atoms with Gasteiger partial charge in [0.15, 0.2) is 11.2 Å². The topological polar surface area (TPSA) is 144 Å². The van der Waals surface area contributed by atoms with Crippen molar-refractivity contribution in [2.45, 2.75) is 26.0 Å². The Morgan fingerprint density at radius 3 is 3.03 bits per heavy atom. The number of ether oxygens (including phenoxy) is 2. The molecule has 1 aliphatic heterocycles. The Labute approximate surface area is 178 Å². The van der Waals surface area contributed by atoms with Gasteiger partial charge in [0.2, 0.25) is 5.95 Å². The van der Waals surface area contributed by atoms with Crippen molar-refractivity contribution in [1.29, 1.82) is 0 Å². The van der Waals surface area contributed by atoms with E-state index < -0.39 is 13.2 Å². The molecular formula is C19H24N5O6P. The van der Waals surface area contributed by atoms with Gasteiger partial charge in [0.1, 0.15) is 12.1 Å². The van der Waals surface area contributed by atoms with Crippen LogP contribution < -0.4 is 16.0 Å². The number of fused-ring (bicyclic) bond motifs is 1. The van der Waals surface area contributed by atoms with Crippen molar-refractivity contribution >= 4 is 24.7 Å². The highest BCUT2D eigenvalue weighted by Gasteiger charge is 2.34. The molecule has 4 rings (SSSR count). The molecule has 0 amide bonds. The third-order valence-corrected chi connectivity index (χ3v) is 6.62. The van der Waals surface area contributed by atoms with E-state index in [2.05, 4.69) is 15.0 Å².